The largest absolute Gasteiger partial charge is 0.494 e. The van der Waals surface area contributed by atoms with Gasteiger partial charge < -0.3 is 25.0 Å². The van der Waals surface area contributed by atoms with Crippen molar-refractivity contribution in [3.63, 3.8) is 0 Å². The molecular formula is C26H26N2O6. The van der Waals surface area contributed by atoms with Gasteiger partial charge in [0.2, 0.25) is 0 Å². The third kappa shape index (κ3) is 4.78. The fourth-order valence-electron chi connectivity index (χ4n) is 3.99. The molecule has 1 fully saturated rings. The number of carboxylic acids is 1. The summed E-state index contributed by atoms with van der Waals surface area (Å²) in [7, 11) is 1.51. The number of hydrogen-bond acceptors (Lipinski definition) is 6. The van der Waals surface area contributed by atoms with Crippen LogP contribution in [0.1, 0.15) is 39.6 Å². The highest BCUT2D eigenvalue weighted by atomic mass is 16.5. The standard InChI is InChI=1S/C26H26N2O6/c1-16-6-3-4-9-19(16)21(13-23(29)30)28-25(31)20-10-11-22(33-2)24(27-20)17-7-5-8-18(12-17)26(32)14-34-15-26/h3-12,21,32H,13-15H2,1-2H3,(H,28,31)(H,29,30). The number of aryl methyl sites for hydroxylation is 1. The van der Waals surface area contributed by atoms with E-state index in [0.717, 1.165) is 11.1 Å². The molecule has 1 saturated heterocycles. The lowest BCUT2D eigenvalue weighted by Crippen LogP contribution is -2.46. The molecule has 3 aromatic rings. The van der Waals surface area contributed by atoms with Gasteiger partial charge in [0, 0.05) is 5.56 Å². The minimum Gasteiger partial charge on any atom is -0.494 e. The first-order valence-corrected chi connectivity index (χ1v) is 10.8. The second-order valence-corrected chi connectivity index (χ2v) is 8.33. The zero-order valence-electron chi connectivity index (χ0n) is 18.9. The van der Waals surface area contributed by atoms with Gasteiger partial charge in [-0.3, -0.25) is 9.59 Å². The Hall–Kier alpha value is -3.75. The van der Waals surface area contributed by atoms with E-state index in [2.05, 4.69) is 10.3 Å². The molecule has 1 aliphatic heterocycles. The number of nitrogens with one attached hydrogen (secondary N) is 1. The minimum absolute atomic E-state index is 0.121. The average Bonchev–Trinajstić information content (AvgIpc) is 2.81. The smallest absolute Gasteiger partial charge is 0.305 e. The first-order chi connectivity index (χ1) is 16.3. The molecule has 0 aliphatic carbocycles. The lowest BCUT2D eigenvalue weighted by molar-refractivity contribution is -0.184. The van der Waals surface area contributed by atoms with E-state index in [0.29, 0.717) is 22.6 Å². The highest BCUT2D eigenvalue weighted by molar-refractivity contribution is 5.94. The number of hydrogen-bond donors (Lipinski definition) is 3. The number of pyridine rings is 1. The van der Waals surface area contributed by atoms with Crippen molar-refractivity contribution in [3.8, 4) is 17.0 Å². The Bertz CT molecular complexity index is 1220. The summed E-state index contributed by atoms with van der Waals surface area (Å²) < 4.78 is 10.6. The molecule has 8 heteroatoms. The van der Waals surface area contributed by atoms with Crippen molar-refractivity contribution in [1.29, 1.82) is 0 Å². The van der Waals surface area contributed by atoms with Crippen molar-refractivity contribution in [3.05, 3.63) is 83.0 Å². The van der Waals surface area contributed by atoms with Gasteiger partial charge in [0.1, 0.15) is 22.7 Å². The van der Waals surface area contributed by atoms with Gasteiger partial charge >= 0.3 is 5.97 Å². The molecule has 1 unspecified atom stereocenters. The Morgan fingerprint density at radius 3 is 2.56 bits per heavy atom. The van der Waals surface area contributed by atoms with Crippen molar-refractivity contribution in [1.82, 2.24) is 10.3 Å². The van der Waals surface area contributed by atoms with Gasteiger partial charge in [0.15, 0.2) is 0 Å². The first-order valence-electron chi connectivity index (χ1n) is 10.8. The molecule has 0 saturated carbocycles. The van der Waals surface area contributed by atoms with E-state index in [1.54, 1.807) is 30.3 Å². The highest BCUT2D eigenvalue weighted by Crippen LogP contribution is 2.34. The second-order valence-electron chi connectivity index (χ2n) is 8.33. The van der Waals surface area contributed by atoms with Gasteiger partial charge in [-0.15, -0.1) is 0 Å². The maximum Gasteiger partial charge on any atom is 0.305 e. The molecule has 0 radical (unpaired) electrons. The van der Waals surface area contributed by atoms with E-state index in [1.165, 1.54) is 13.2 Å². The number of rotatable bonds is 8. The van der Waals surface area contributed by atoms with Crippen molar-refractivity contribution >= 4 is 11.9 Å². The van der Waals surface area contributed by atoms with Gasteiger partial charge in [-0.2, -0.15) is 0 Å². The maximum absolute atomic E-state index is 13.1. The second kappa shape index (κ2) is 9.62. The molecule has 4 rings (SSSR count). The monoisotopic (exact) mass is 462 g/mol. The molecule has 0 spiro atoms. The molecule has 34 heavy (non-hydrogen) atoms. The summed E-state index contributed by atoms with van der Waals surface area (Å²) in [5, 5.41) is 22.8. The van der Waals surface area contributed by atoms with Crippen LogP contribution in [0.5, 0.6) is 5.75 Å². The van der Waals surface area contributed by atoms with Crippen LogP contribution in [-0.2, 0) is 15.1 Å². The van der Waals surface area contributed by atoms with Crippen LogP contribution in [0.3, 0.4) is 0 Å². The summed E-state index contributed by atoms with van der Waals surface area (Å²) in [6.07, 6.45) is -0.262. The number of aliphatic carboxylic acids is 1. The van der Waals surface area contributed by atoms with Gasteiger partial charge in [-0.05, 0) is 41.8 Å². The van der Waals surface area contributed by atoms with Crippen LogP contribution >= 0.6 is 0 Å². The Kier molecular flexibility index (Phi) is 6.63. The number of carbonyl (C=O) groups excluding carboxylic acids is 1. The fourth-order valence-corrected chi connectivity index (χ4v) is 3.99. The van der Waals surface area contributed by atoms with Gasteiger partial charge in [-0.1, -0.05) is 42.5 Å². The lowest BCUT2D eigenvalue weighted by Gasteiger charge is -2.36. The molecule has 0 bridgehead atoms. The number of methoxy groups -OCH3 is 1. The highest BCUT2D eigenvalue weighted by Gasteiger charge is 2.38. The average molecular weight is 463 g/mol. The first kappa shape index (κ1) is 23.4. The van der Waals surface area contributed by atoms with Crippen molar-refractivity contribution in [2.75, 3.05) is 20.3 Å². The van der Waals surface area contributed by atoms with Crippen molar-refractivity contribution in [2.45, 2.75) is 25.0 Å². The fraction of sp³-hybridized carbons (Fsp3) is 0.269. The number of aromatic nitrogens is 1. The minimum atomic E-state index is -1.05. The van der Waals surface area contributed by atoms with E-state index in [4.69, 9.17) is 9.47 Å². The molecule has 1 atom stereocenters. The van der Waals surface area contributed by atoms with E-state index in [-0.39, 0.29) is 25.3 Å². The van der Waals surface area contributed by atoms with Crippen molar-refractivity contribution < 1.29 is 29.3 Å². The number of benzene rings is 2. The SMILES string of the molecule is COc1ccc(C(=O)NC(CC(=O)O)c2ccccc2C)nc1-c1cccc(C2(O)COC2)c1. The number of nitrogens with zero attached hydrogens (tertiary/aromatic N) is 1. The van der Waals surface area contributed by atoms with Crippen LogP contribution in [0, 0.1) is 6.92 Å². The Morgan fingerprint density at radius 2 is 1.91 bits per heavy atom. The zero-order valence-corrected chi connectivity index (χ0v) is 18.9. The molecule has 176 valence electrons. The van der Waals surface area contributed by atoms with E-state index < -0.39 is 23.5 Å². The maximum atomic E-state index is 13.1. The Morgan fingerprint density at radius 1 is 1.15 bits per heavy atom. The predicted molar refractivity (Wildman–Crippen MR) is 125 cm³/mol. The summed E-state index contributed by atoms with van der Waals surface area (Å²) in [4.78, 5) is 29.1. The van der Waals surface area contributed by atoms with Crippen LogP contribution in [0.2, 0.25) is 0 Å². The molecule has 1 aromatic heterocycles. The zero-order chi connectivity index (χ0) is 24.3. The molecule has 2 heterocycles. The lowest BCUT2D eigenvalue weighted by atomic mass is 9.90. The third-order valence-corrected chi connectivity index (χ3v) is 5.91. The van der Waals surface area contributed by atoms with Crippen molar-refractivity contribution in [2.24, 2.45) is 0 Å². The molecule has 8 nitrogen and oxygen atoms in total. The molecule has 1 aliphatic rings. The van der Waals surface area contributed by atoms with E-state index >= 15 is 0 Å². The number of carbonyl (C=O) groups is 2. The normalized spacial score (nSPS) is 15.1. The molecular weight excluding hydrogens is 436 g/mol. The summed E-state index contributed by atoms with van der Waals surface area (Å²) >= 11 is 0. The van der Waals surface area contributed by atoms with E-state index in [9.17, 15) is 19.8 Å². The quantitative estimate of drug-likeness (QED) is 0.470. The molecule has 2 aromatic carbocycles. The van der Waals surface area contributed by atoms with Gasteiger partial charge in [0.05, 0.1) is 32.8 Å². The Labute approximate surface area is 197 Å². The van der Waals surface area contributed by atoms with Crippen LogP contribution in [-0.4, -0.2) is 47.4 Å². The van der Waals surface area contributed by atoms with Crippen LogP contribution in [0.15, 0.2) is 60.7 Å². The number of amides is 1. The topological polar surface area (TPSA) is 118 Å². The third-order valence-electron chi connectivity index (χ3n) is 5.91. The summed E-state index contributed by atoms with van der Waals surface area (Å²) in [5.74, 6) is -1.06. The van der Waals surface area contributed by atoms with Gasteiger partial charge in [-0.25, -0.2) is 4.98 Å². The summed E-state index contributed by atoms with van der Waals surface area (Å²) in [6.45, 7) is 2.30. The summed E-state index contributed by atoms with van der Waals surface area (Å²) in [5.41, 5.74) is 2.49. The molecule has 1 amide bonds. The predicted octanol–water partition coefficient (Wildman–Crippen LogP) is 3.23. The van der Waals surface area contributed by atoms with Crippen LogP contribution in [0.4, 0.5) is 0 Å². The molecule has 3 N–H and O–H groups in total. The number of aliphatic hydroxyl groups is 1. The van der Waals surface area contributed by atoms with E-state index in [1.807, 2.05) is 31.2 Å². The van der Waals surface area contributed by atoms with Crippen LogP contribution < -0.4 is 10.1 Å². The van der Waals surface area contributed by atoms with Crippen LogP contribution in [0.25, 0.3) is 11.3 Å². The summed E-state index contributed by atoms with van der Waals surface area (Å²) in [6, 6.07) is 17.0. The number of ether oxygens (including phenoxy) is 2. The number of carboxylic acid groups (broad SMARTS) is 1. The Balaban J connectivity index is 1.66. The van der Waals surface area contributed by atoms with Gasteiger partial charge in [0.25, 0.3) is 5.91 Å².